The number of fused-ring (bicyclic) bond motifs is 1. The molecule has 3 N–H and O–H groups in total. The third-order valence-electron chi connectivity index (χ3n) is 3.50. The molecule has 2 rings (SSSR count). The first-order valence-corrected chi connectivity index (χ1v) is 7.62. The summed E-state index contributed by atoms with van der Waals surface area (Å²) >= 11 is 0. The van der Waals surface area contributed by atoms with Gasteiger partial charge in [-0.1, -0.05) is 20.8 Å². The van der Waals surface area contributed by atoms with E-state index >= 15 is 0 Å². The van der Waals surface area contributed by atoms with Gasteiger partial charge in [0.05, 0.1) is 17.1 Å². The Kier molecular flexibility index (Phi) is 4.51. The number of carbonyl (C=O) groups excluding carboxylic acids is 1. The molecule has 6 heteroatoms. The van der Waals surface area contributed by atoms with E-state index in [1.54, 1.807) is 6.20 Å². The Balaban J connectivity index is 2.65. The molecule has 0 saturated heterocycles. The molecule has 0 aliphatic rings. The summed E-state index contributed by atoms with van der Waals surface area (Å²) in [7, 11) is 0. The average molecular weight is 303 g/mol. The Bertz CT molecular complexity index is 682. The molecule has 6 nitrogen and oxygen atoms in total. The predicted molar refractivity (Wildman–Crippen MR) is 88.0 cm³/mol. The van der Waals surface area contributed by atoms with Crippen LogP contribution in [0.2, 0.25) is 0 Å². The fourth-order valence-electron chi connectivity index (χ4n) is 2.25. The molecule has 1 amide bonds. The van der Waals surface area contributed by atoms with E-state index in [1.807, 2.05) is 24.6 Å². The van der Waals surface area contributed by atoms with E-state index in [2.05, 4.69) is 31.2 Å². The smallest absolute Gasteiger partial charge is 0.252 e. The molecular formula is C16H25N5O. The highest BCUT2D eigenvalue weighted by molar-refractivity contribution is 6.05. The third kappa shape index (κ3) is 3.11. The average Bonchev–Trinajstić information content (AvgIpc) is 2.86. The maximum Gasteiger partial charge on any atom is 0.252 e. The number of hydrogen-bond acceptors (Lipinski definition) is 4. The molecule has 0 atom stereocenters. The maximum absolute atomic E-state index is 12.4. The third-order valence-corrected chi connectivity index (χ3v) is 3.50. The topological polar surface area (TPSA) is 85.8 Å². The van der Waals surface area contributed by atoms with E-state index in [9.17, 15) is 4.79 Å². The monoisotopic (exact) mass is 303 g/mol. The molecule has 0 bridgehead atoms. The van der Waals surface area contributed by atoms with Crippen LogP contribution in [0, 0.1) is 0 Å². The number of pyridine rings is 1. The van der Waals surface area contributed by atoms with Crippen LogP contribution in [-0.2, 0) is 5.41 Å². The molecule has 2 aromatic rings. The molecule has 0 fully saturated rings. The number of nitrogens with one attached hydrogen (secondary N) is 1. The standard InChI is InChI=1S/C16H25N5O/c1-10(2)21-14-12(9-19-21)11(15(22)18-7-6-17)8-13(20-14)16(3,4)5/h8-10H,6-7,17H2,1-5H3,(H,18,22). The molecule has 0 aliphatic heterocycles. The summed E-state index contributed by atoms with van der Waals surface area (Å²) in [5.41, 5.74) is 7.55. The minimum Gasteiger partial charge on any atom is -0.351 e. The summed E-state index contributed by atoms with van der Waals surface area (Å²) in [5, 5.41) is 7.99. The zero-order chi connectivity index (χ0) is 16.5. The highest BCUT2D eigenvalue weighted by Crippen LogP contribution is 2.27. The quantitative estimate of drug-likeness (QED) is 0.904. The van der Waals surface area contributed by atoms with Gasteiger partial charge in [-0.05, 0) is 19.9 Å². The molecule has 0 radical (unpaired) electrons. The van der Waals surface area contributed by atoms with Gasteiger partial charge < -0.3 is 11.1 Å². The Morgan fingerprint density at radius 2 is 2.09 bits per heavy atom. The van der Waals surface area contributed by atoms with Gasteiger partial charge in [0.1, 0.15) is 0 Å². The van der Waals surface area contributed by atoms with Crippen LogP contribution in [-0.4, -0.2) is 33.8 Å². The van der Waals surface area contributed by atoms with Crippen LogP contribution in [0.25, 0.3) is 11.0 Å². The summed E-state index contributed by atoms with van der Waals surface area (Å²) in [4.78, 5) is 17.2. The van der Waals surface area contributed by atoms with Gasteiger partial charge in [-0.2, -0.15) is 5.10 Å². The van der Waals surface area contributed by atoms with Crippen LogP contribution in [0.3, 0.4) is 0 Å². The molecule has 0 aliphatic carbocycles. The zero-order valence-electron chi connectivity index (χ0n) is 14.0. The van der Waals surface area contributed by atoms with Gasteiger partial charge in [0, 0.05) is 30.2 Å². The highest BCUT2D eigenvalue weighted by Gasteiger charge is 2.23. The van der Waals surface area contributed by atoms with Crippen molar-refractivity contribution in [2.45, 2.75) is 46.1 Å². The van der Waals surface area contributed by atoms with Crippen LogP contribution in [0.5, 0.6) is 0 Å². The van der Waals surface area contributed by atoms with E-state index in [1.165, 1.54) is 0 Å². The van der Waals surface area contributed by atoms with Gasteiger partial charge in [0.25, 0.3) is 5.91 Å². The summed E-state index contributed by atoms with van der Waals surface area (Å²) in [6.45, 7) is 11.2. The molecular weight excluding hydrogens is 278 g/mol. The van der Waals surface area contributed by atoms with Crippen molar-refractivity contribution < 1.29 is 4.79 Å². The number of aromatic nitrogens is 3. The molecule has 22 heavy (non-hydrogen) atoms. The van der Waals surface area contributed by atoms with Gasteiger partial charge >= 0.3 is 0 Å². The van der Waals surface area contributed by atoms with E-state index in [4.69, 9.17) is 10.7 Å². The lowest BCUT2D eigenvalue weighted by atomic mass is 9.90. The van der Waals surface area contributed by atoms with Gasteiger partial charge in [-0.3, -0.25) is 4.79 Å². The first-order valence-electron chi connectivity index (χ1n) is 7.62. The summed E-state index contributed by atoms with van der Waals surface area (Å²) < 4.78 is 1.85. The second kappa shape index (κ2) is 6.04. The van der Waals surface area contributed by atoms with Gasteiger partial charge in [0.2, 0.25) is 0 Å². The number of carbonyl (C=O) groups is 1. The molecule has 2 aromatic heterocycles. The fraction of sp³-hybridized carbons (Fsp3) is 0.562. The molecule has 0 aromatic carbocycles. The van der Waals surface area contributed by atoms with Crippen molar-refractivity contribution in [2.75, 3.05) is 13.1 Å². The maximum atomic E-state index is 12.4. The molecule has 120 valence electrons. The number of amides is 1. The van der Waals surface area contributed by atoms with E-state index < -0.39 is 0 Å². The van der Waals surface area contributed by atoms with Gasteiger partial charge in [0.15, 0.2) is 5.65 Å². The van der Waals surface area contributed by atoms with Crippen molar-refractivity contribution in [1.29, 1.82) is 0 Å². The Hall–Kier alpha value is -1.95. The number of nitrogens with zero attached hydrogens (tertiary/aromatic N) is 3. The summed E-state index contributed by atoms with van der Waals surface area (Å²) in [5.74, 6) is -0.133. The predicted octanol–water partition coefficient (Wildman–Crippen LogP) is 2.00. The molecule has 0 unspecified atom stereocenters. The van der Waals surface area contributed by atoms with Crippen LogP contribution in [0.1, 0.15) is 56.7 Å². The minimum atomic E-state index is -0.150. The molecule has 0 saturated carbocycles. The molecule has 2 heterocycles. The Morgan fingerprint density at radius 1 is 1.41 bits per heavy atom. The summed E-state index contributed by atoms with van der Waals surface area (Å²) in [6.07, 6.45) is 1.71. The second-order valence-corrected chi connectivity index (χ2v) is 6.77. The number of nitrogens with two attached hydrogens (primary N) is 1. The van der Waals surface area contributed by atoms with E-state index in [0.29, 0.717) is 18.7 Å². The highest BCUT2D eigenvalue weighted by atomic mass is 16.1. The zero-order valence-corrected chi connectivity index (χ0v) is 14.0. The van der Waals surface area contributed by atoms with Crippen LogP contribution in [0.15, 0.2) is 12.3 Å². The minimum absolute atomic E-state index is 0.133. The van der Waals surface area contributed by atoms with Crippen LogP contribution in [0.4, 0.5) is 0 Å². The normalized spacial score (nSPS) is 12.1. The van der Waals surface area contributed by atoms with Crippen molar-refractivity contribution in [3.8, 4) is 0 Å². The molecule has 0 spiro atoms. The fourth-order valence-corrected chi connectivity index (χ4v) is 2.25. The summed E-state index contributed by atoms with van der Waals surface area (Å²) in [6, 6.07) is 2.04. The largest absolute Gasteiger partial charge is 0.351 e. The lowest BCUT2D eigenvalue weighted by molar-refractivity contribution is 0.0956. The van der Waals surface area contributed by atoms with Crippen molar-refractivity contribution in [3.63, 3.8) is 0 Å². The second-order valence-electron chi connectivity index (χ2n) is 6.77. The van der Waals surface area contributed by atoms with Gasteiger partial charge in [-0.25, -0.2) is 9.67 Å². The van der Waals surface area contributed by atoms with Crippen molar-refractivity contribution in [1.82, 2.24) is 20.1 Å². The van der Waals surface area contributed by atoms with Crippen LogP contribution >= 0.6 is 0 Å². The van der Waals surface area contributed by atoms with Gasteiger partial charge in [-0.15, -0.1) is 0 Å². The van der Waals surface area contributed by atoms with Crippen molar-refractivity contribution in [3.05, 3.63) is 23.5 Å². The lowest BCUT2D eigenvalue weighted by Gasteiger charge is -2.19. The number of rotatable bonds is 4. The first kappa shape index (κ1) is 16.4. The van der Waals surface area contributed by atoms with Crippen LogP contribution < -0.4 is 11.1 Å². The first-order chi connectivity index (χ1) is 10.3. The van der Waals surface area contributed by atoms with E-state index in [0.717, 1.165) is 16.7 Å². The van der Waals surface area contributed by atoms with E-state index in [-0.39, 0.29) is 17.4 Å². The number of hydrogen-bond donors (Lipinski definition) is 2. The Labute approximate surface area is 131 Å². The van der Waals surface area contributed by atoms with Crippen molar-refractivity contribution >= 4 is 16.9 Å². The van der Waals surface area contributed by atoms with Crippen molar-refractivity contribution in [2.24, 2.45) is 5.73 Å². The lowest BCUT2D eigenvalue weighted by Crippen LogP contribution is -2.29. The SMILES string of the molecule is CC(C)n1ncc2c(C(=O)NCCN)cc(C(C)(C)C)nc21. The Morgan fingerprint density at radius 3 is 2.64 bits per heavy atom.